The van der Waals surface area contributed by atoms with Crippen molar-refractivity contribution in [3.8, 4) is 0 Å². The van der Waals surface area contributed by atoms with Crippen molar-refractivity contribution in [3.05, 3.63) is 36.0 Å². The molecule has 0 aliphatic carbocycles. The number of alkyl halides is 1. The van der Waals surface area contributed by atoms with Crippen molar-refractivity contribution in [2.45, 2.75) is 115 Å². The molecule has 9 heteroatoms. The molecule has 0 fully saturated rings. The number of carbonyl (C=O) groups is 2. The van der Waals surface area contributed by atoms with Gasteiger partial charge < -0.3 is 29.9 Å². The van der Waals surface area contributed by atoms with Gasteiger partial charge >= 0.3 is 11.9 Å². The van der Waals surface area contributed by atoms with Crippen LogP contribution in [0.4, 0.5) is 0 Å². The van der Waals surface area contributed by atoms with Crippen LogP contribution in [0, 0.1) is 23.7 Å². The Labute approximate surface area is 247 Å². The van der Waals surface area contributed by atoms with E-state index in [1.807, 2.05) is 52.0 Å². The van der Waals surface area contributed by atoms with Crippen molar-refractivity contribution in [1.82, 2.24) is 0 Å². The summed E-state index contributed by atoms with van der Waals surface area (Å²) in [5, 5.41) is 41.5. The predicted octanol–water partition coefficient (Wildman–Crippen LogP) is 4.27. The van der Waals surface area contributed by atoms with Crippen molar-refractivity contribution in [1.29, 1.82) is 0 Å². The Kier molecular flexibility index (Phi) is 16.1. The van der Waals surface area contributed by atoms with E-state index in [1.165, 1.54) is 6.92 Å². The number of carbonyl (C=O) groups excluding carboxylic acids is 2. The molecule has 0 aromatic rings. The van der Waals surface area contributed by atoms with Crippen LogP contribution in [0.5, 0.6) is 0 Å². The van der Waals surface area contributed by atoms with Crippen LogP contribution in [0.15, 0.2) is 36.0 Å². The van der Waals surface area contributed by atoms with Gasteiger partial charge in [0.25, 0.3) is 0 Å². The zero-order chi connectivity index (χ0) is 29.9. The third-order valence-corrected chi connectivity index (χ3v) is 8.71. The summed E-state index contributed by atoms with van der Waals surface area (Å²) < 4.78 is 11.2. The van der Waals surface area contributed by atoms with E-state index in [0.717, 1.165) is 12.0 Å². The van der Waals surface area contributed by atoms with Gasteiger partial charge in [-0.05, 0) is 37.3 Å². The lowest BCUT2D eigenvalue weighted by Crippen LogP contribution is -2.36. The van der Waals surface area contributed by atoms with Gasteiger partial charge in [0.05, 0.1) is 30.8 Å². The van der Waals surface area contributed by atoms with Crippen LogP contribution in [-0.2, 0) is 19.1 Å². The molecule has 1 aliphatic rings. The summed E-state index contributed by atoms with van der Waals surface area (Å²) >= 11 is 2.24. The van der Waals surface area contributed by atoms with Crippen LogP contribution < -0.4 is 0 Å². The lowest BCUT2D eigenvalue weighted by atomic mass is 9.90. The lowest BCUT2D eigenvalue weighted by molar-refractivity contribution is -0.151. The fourth-order valence-corrected chi connectivity index (χ4v) is 6.14. The SMILES string of the molecule is CCC(O)C(C)C(O)C(I)CC(C)/C=C/C=C(\C)C1OC(=O)CC(O)CC(O)C(C)C(OC(C)=O)/C=C/C1C. The van der Waals surface area contributed by atoms with Crippen molar-refractivity contribution >= 4 is 34.5 Å². The van der Waals surface area contributed by atoms with Gasteiger partial charge in [-0.2, -0.15) is 0 Å². The highest BCUT2D eigenvalue weighted by Gasteiger charge is 2.31. The fourth-order valence-electron chi connectivity index (χ4n) is 4.69. The minimum absolute atomic E-state index is 0.0153. The monoisotopic (exact) mass is 664 g/mol. The number of rotatable bonds is 10. The topological polar surface area (TPSA) is 134 Å². The maximum atomic E-state index is 12.6. The van der Waals surface area contributed by atoms with Crippen molar-refractivity contribution in [2.24, 2.45) is 23.7 Å². The molecular weight excluding hydrogens is 615 g/mol. The van der Waals surface area contributed by atoms with Crippen LogP contribution in [0.2, 0.25) is 0 Å². The standard InChI is InChI=1S/C30H49IO8/c1-8-25(34)21(6)29(37)24(31)14-17(2)10-9-11-18(3)30-19(4)12-13-27(38-22(7)32)20(5)26(35)15-23(33)16-28(36)39-30/h9-13,17,19-21,23-27,29-30,33-35,37H,8,14-16H2,1-7H3/b10-9+,13-12+,18-11+. The van der Waals surface area contributed by atoms with Crippen LogP contribution >= 0.6 is 22.6 Å². The number of hydrogen-bond acceptors (Lipinski definition) is 8. The number of ether oxygens (including phenoxy) is 2. The minimum Gasteiger partial charge on any atom is -0.458 e. The Bertz CT molecular complexity index is 856. The number of esters is 2. The molecule has 11 unspecified atom stereocenters. The Morgan fingerprint density at radius 1 is 1.21 bits per heavy atom. The Hall–Kier alpha value is -1.27. The van der Waals surface area contributed by atoms with Gasteiger partial charge in [-0.25, -0.2) is 0 Å². The molecule has 1 heterocycles. The zero-order valence-electron chi connectivity index (χ0n) is 24.4. The van der Waals surface area contributed by atoms with E-state index in [9.17, 15) is 30.0 Å². The molecule has 0 bridgehead atoms. The van der Waals surface area contributed by atoms with E-state index < -0.39 is 54.5 Å². The largest absolute Gasteiger partial charge is 0.458 e. The Morgan fingerprint density at radius 3 is 2.44 bits per heavy atom. The first kappa shape index (κ1) is 35.8. The summed E-state index contributed by atoms with van der Waals surface area (Å²) in [7, 11) is 0. The van der Waals surface area contributed by atoms with E-state index in [2.05, 4.69) is 29.5 Å². The lowest BCUT2D eigenvalue weighted by Gasteiger charge is -2.29. The quantitative estimate of drug-likeness (QED) is 0.0895. The molecule has 8 nitrogen and oxygen atoms in total. The van der Waals surface area contributed by atoms with E-state index >= 15 is 0 Å². The van der Waals surface area contributed by atoms with Crippen LogP contribution in [0.1, 0.15) is 74.1 Å². The third-order valence-electron chi connectivity index (χ3n) is 7.46. The summed E-state index contributed by atoms with van der Waals surface area (Å²) in [4.78, 5) is 24.3. The minimum atomic E-state index is -1.09. The van der Waals surface area contributed by atoms with E-state index in [1.54, 1.807) is 13.0 Å². The van der Waals surface area contributed by atoms with Crippen LogP contribution in [-0.4, -0.2) is 72.9 Å². The average Bonchev–Trinajstić information content (AvgIpc) is 2.86. The maximum absolute atomic E-state index is 12.6. The number of cyclic esters (lactones) is 1. The summed E-state index contributed by atoms with van der Waals surface area (Å²) in [6.07, 6.45) is 5.93. The van der Waals surface area contributed by atoms with Crippen LogP contribution in [0.25, 0.3) is 0 Å². The fraction of sp³-hybridized carbons (Fsp3) is 0.733. The van der Waals surface area contributed by atoms with Gasteiger partial charge in [-0.1, -0.05) is 81.5 Å². The smallest absolute Gasteiger partial charge is 0.309 e. The Morgan fingerprint density at radius 2 is 1.85 bits per heavy atom. The molecular formula is C30H49IO8. The highest BCUT2D eigenvalue weighted by Crippen LogP contribution is 2.27. The van der Waals surface area contributed by atoms with Gasteiger partial charge in [0, 0.05) is 35.0 Å². The molecule has 0 aromatic carbocycles. The number of aliphatic hydroxyl groups excluding tert-OH is 4. The summed E-state index contributed by atoms with van der Waals surface area (Å²) in [5.74, 6) is -1.81. The molecule has 1 rings (SSSR count). The summed E-state index contributed by atoms with van der Waals surface area (Å²) in [5.41, 5.74) is 0.804. The van der Waals surface area contributed by atoms with Crippen molar-refractivity contribution < 1.29 is 39.5 Å². The van der Waals surface area contributed by atoms with Gasteiger partial charge in [0.1, 0.15) is 12.2 Å². The summed E-state index contributed by atoms with van der Waals surface area (Å²) in [6, 6.07) is 0. The van der Waals surface area contributed by atoms with Gasteiger partial charge in [0.2, 0.25) is 0 Å². The summed E-state index contributed by atoms with van der Waals surface area (Å²) in [6.45, 7) is 12.6. The predicted molar refractivity (Wildman–Crippen MR) is 160 cm³/mol. The van der Waals surface area contributed by atoms with Gasteiger partial charge in [0.15, 0.2) is 0 Å². The second kappa shape index (κ2) is 17.5. The molecule has 0 aromatic heterocycles. The zero-order valence-corrected chi connectivity index (χ0v) is 26.5. The molecule has 0 spiro atoms. The molecule has 39 heavy (non-hydrogen) atoms. The number of halogens is 1. The van der Waals surface area contributed by atoms with E-state index in [-0.39, 0.29) is 34.5 Å². The number of aliphatic hydroxyl groups is 4. The Balaban J connectivity index is 3.06. The molecule has 0 amide bonds. The first-order valence-electron chi connectivity index (χ1n) is 13.9. The molecule has 1 aliphatic heterocycles. The number of allylic oxidation sites excluding steroid dienone is 3. The molecule has 0 saturated carbocycles. The molecule has 4 N–H and O–H groups in total. The van der Waals surface area contributed by atoms with Gasteiger partial charge in [-0.15, -0.1) is 0 Å². The first-order chi connectivity index (χ1) is 18.2. The first-order valence-corrected chi connectivity index (χ1v) is 15.2. The normalized spacial score (nSPS) is 32.2. The average molecular weight is 665 g/mol. The van der Waals surface area contributed by atoms with Gasteiger partial charge in [-0.3, -0.25) is 9.59 Å². The molecule has 0 saturated heterocycles. The second-order valence-corrected chi connectivity index (χ2v) is 12.7. The van der Waals surface area contributed by atoms with E-state index in [0.29, 0.717) is 6.42 Å². The third kappa shape index (κ3) is 12.4. The highest BCUT2D eigenvalue weighted by molar-refractivity contribution is 14.1. The molecule has 11 atom stereocenters. The highest BCUT2D eigenvalue weighted by atomic mass is 127. The van der Waals surface area contributed by atoms with E-state index in [4.69, 9.17) is 9.47 Å². The molecule has 0 radical (unpaired) electrons. The molecule has 224 valence electrons. The van der Waals surface area contributed by atoms with Crippen molar-refractivity contribution in [2.75, 3.05) is 0 Å². The maximum Gasteiger partial charge on any atom is 0.309 e. The van der Waals surface area contributed by atoms with Crippen LogP contribution in [0.3, 0.4) is 0 Å². The number of hydrogen-bond donors (Lipinski definition) is 4. The second-order valence-electron chi connectivity index (χ2n) is 11.1. The van der Waals surface area contributed by atoms with Crippen molar-refractivity contribution in [3.63, 3.8) is 0 Å².